The molecule has 2 saturated carbocycles. The van der Waals surface area contributed by atoms with Crippen LogP contribution in [0, 0.1) is 11.8 Å². The van der Waals surface area contributed by atoms with Gasteiger partial charge in [-0.1, -0.05) is 19.3 Å². The molecule has 2 aliphatic carbocycles. The van der Waals surface area contributed by atoms with Crippen molar-refractivity contribution >= 4 is 0 Å². The van der Waals surface area contributed by atoms with Gasteiger partial charge in [0.1, 0.15) is 0 Å². The maximum Gasteiger partial charge on any atom is 0.390 e. The number of nitrogens with zero attached hydrogens (tertiary/aromatic N) is 1. The molecular weight excluding hydrogens is 277 g/mol. The number of hydrogen-bond acceptors (Lipinski definition) is 2. The second-order valence-corrected chi connectivity index (χ2v) is 7.18. The maximum absolute atomic E-state index is 12.6. The summed E-state index contributed by atoms with van der Waals surface area (Å²) >= 11 is 0. The first kappa shape index (κ1) is 15.6. The van der Waals surface area contributed by atoms with Crippen LogP contribution in [0.5, 0.6) is 0 Å². The summed E-state index contributed by atoms with van der Waals surface area (Å²) in [5.74, 6) is 1.31. The Bertz CT molecular complexity index is 335. The van der Waals surface area contributed by atoms with E-state index >= 15 is 0 Å². The summed E-state index contributed by atoms with van der Waals surface area (Å²) in [7, 11) is 0. The lowest BCUT2D eigenvalue weighted by Gasteiger charge is -2.45. The van der Waals surface area contributed by atoms with Gasteiger partial charge in [0.25, 0.3) is 0 Å². The third-order valence-corrected chi connectivity index (χ3v) is 5.56. The molecule has 0 amide bonds. The number of alkyl halides is 3. The molecule has 0 spiro atoms. The third-order valence-electron chi connectivity index (χ3n) is 5.56. The van der Waals surface area contributed by atoms with Crippen molar-refractivity contribution in [3.63, 3.8) is 0 Å². The Morgan fingerprint density at radius 3 is 2.29 bits per heavy atom. The zero-order valence-corrected chi connectivity index (χ0v) is 12.7. The fraction of sp³-hybridized carbons (Fsp3) is 1.00. The molecule has 122 valence electrons. The first-order valence-electron chi connectivity index (χ1n) is 8.57. The fourth-order valence-electron chi connectivity index (χ4n) is 4.18. The molecule has 0 bridgehead atoms. The third kappa shape index (κ3) is 4.35. The van der Waals surface area contributed by atoms with Crippen LogP contribution >= 0.6 is 0 Å². The summed E-state index contributed by atoms with van der Waals surface area (Å²) in [5.41, 5.74) is 0. The Kier molecular flexibility index (Phi) is 4.79. The second-order valence-electron chi connectivity index (χ2n) is 7.18. The number of halogens is 3. The van der Waals surface area contributed by atoms with Crippen molar-refractivity contribution < 1.29 is 13.2 Å². The van der Waals surface area contributed by atoms with Crippen LogP contribution in [0.2, 0.25) is 0 Å². The molecule has 5 heteroatoms. The zero-order chi connectivity index (χ0) is 14.9. The lowest BCUT2D eigenvalue weighted by molar-refractivity contribution is -0.141. The van der Waals surface area contributed by atoms with Crippen LogP contribution in [0.3, 0.4) is 0 Å². The Hall–Kier alpha value is -0.290. The van der Waals surface area contributed by atoms with Crippen molar-refractivity contribution in [1.29, 1.82) is 0 Å². The minimum Gasteiger partial charge on any atom is -0.311 e. The first-order valence-corrected chi connectivity index (χ1v) is 8.57. The lowest BCUT2D eigenvalue weighted by atomic mass is 9.82. The van der Waals surface area contributed by atoms with E-state index in [-0.39, 0.29) is 6.54 Å². The molecule has 2 atom stereocenters. The van der Waals surface area contributed by atoms with Crippen LogP contribution in [-0.4, -0.2) is 42.8 Å². The minimum atomic E-state index is -4.03. The van der Waals surface area contributed by atoms with Crippen LogP contribution in [0.4, 0.5) is 13.2 Å². The van der Waals surface area contributed by atoms with Crippen molar-refractivity contribution in [2.45, 2.75) is 69.6 Å². The topological polar surface area (TPSA) is 15.3 Å². The molecule has 3 fully saturated rings. The van der Waals surface area contributed by atoms with Gasteiger partial charge in [-0.05, 0) is 37.5 Å². The fourth-order valence-corrected chi connectivity index (χ4v) is 4.18. The van der Waals surface area contributed by atoms with Gasteiger partial charge in [-0.15, -0.1) is 0 Å². The predicted octanol–water partition coefficient (Wildman–Crippen LogP) is 3.57. The lowest BCUT2D eigenvalue weighted by Crippen LogP contribution is -2.60. The standard InChI is InChI=1S/C16H27F3N2/c17-16(18,19)8-9-21-11-14(12-6-7-12)20-10-15(21)13-4-2-1-3-5-13/h12-15,20H,1-11H2. The Balaban J connectivity index is 1.61. The minimum absolute atomic E-state index is 0.190. The normalized spacial score (nSPS) is 33.3. The average Bonchev–Trinajstić information content (AvgIpc) is 3.30. The highest BCUT2D eigenvalue weighted by Gasteiger charge is 2.40. The van der Waals surface area contributed by atoms with Gasteiger partial charge in [0.2, 0.25) is 0 Å². The molecule has 0 aromatic rings. The Labute approximate surface area is 125 Å². The van der Waals surface area contributed by atoms with E-state index in [1.807, 2.05) is 0 Å². The van der Waals surface area contributed by atoms with Crippen LogP contribution in [0.15, 0.2) is 0 Å². The van der Waals surface area contributed by atoms with Crippen molar-refractivity contribution in [1.82, 2.24) is 10.2 Å². The first-order chi connectivity index (χ1) is 10.0. The second kappa shape index (κ2) is 6.45. The molecule has 1 saturated heterocycles. The Morgan fingerprint density at radius 1 is 0.952 bits per heavy atom. The number of hydrogen-bond donors (Lipinski definition) is 1. The SMILES string of the molecule is FC(F)(F)CCN1CC(C2CC2)NCC1C1CCCCC1. The van der Waals surface area contributed by atoms with Gasteiger partial charge in [0, 0.05) is 31.7 Å². The molecule has 1 N–H and O–H groups in total. The van der Waals surface area contributed by atoms with Crippen LogP contribution in [0.1, 0.15) is 51.4 Å². The smallest absolute Gasteiger partial charge is 0.311 e. The molecule has 2 unspecified atom stereocenters. The zero-order valence-electron chi connectivity index (χ0n) is 12.7. The molecule has 1 aliphatic heterocycles. The summed E-state index contributed by atoms with van der Waals surface area (Å²) in [5, 5.41) is 3.63. The quantitative estimate of drug-likeness (QED) is 0.854. The van der Waals surface area contributed by atoms with Crippen molar-refractivity contribution in [3.05, 3.63) is 0 Å². The molecule has 3 aliphatic rings. The highest BCUT2D eigenvalue weighted by molar-refractivity contribution is 4.96. The molecule has 2 nitrogen and oxygen atoms in total. The molecule has 0 aromatic heterocycles. The summed E-state index contributed by atoms with van der Waals surface area (Å²) in [6, 6.07) is 0.751. The van der Waals surface area contributed by atoms with Gasteiger partial charge in [-0.25, -0.2) is 0 Å². The highest BCUT2D eigenvalue weighted by atomic mass is 19.4. The van der Waals surface area contributed by atoms with E-state index in [9.17, 15) is 13.2 Å². The van der Waals surface area contributed by atoms with Gasteiger partial charge < -0.3 is 5.32 Å². The Morgan fingerprint density at radius 2 is 1.67 bits per heavy atom. The van der Waals surface area contributed by atoms with Crippen LogP contribution in [0.25, 0.3) is 0 Å². The summed E-state index contributed by atoms with van der Waals surface area (Å²) in [6.07, 6.45) is 4.00. The summed E-state index contributed by atoms with van der Waals surface area (Å²) < 4.78 is 37.8. The monoisotopic (exact) mass is 304 g/mol. The number of rotatable bonds is 4. The van der Waals surface area contributed by atoms with Gasteiger partial charge in [-0.2, -0.15) is 13.2 Å². The van der Waals surface area contributed by atoms with E-state index in [1.54, 1.807) is 0 Å². The maximum atomic E-state index is 12.6. The molecule has 0 radical (unpaired) electrons. The number of piperazine rings is 1. The highest BCUT2D eigenvalue weighted by Crippen LogP contribution is 2.37. The van der Waals surface area contributed by atoms with Gasteiger partial charge in [-0.3, -0.25) is 4.90 Å². The van der Waals surface area contributed by atoms with E-state index < -0.39 is 12.6 Å². The molecule has 1 heterocycles. The van der Waals surface area contributed by atoms with E-state index in [0.717, 1.165) is 13.1 Å². The number of nitrogens with one attached hydrogen (secondary N) is 1. The van der Waals surface area contributed by atoms with E-state index in [1.165, 1.54) is 44.9 Å². The summed E-state index contributed by atoms with van der Waals surface area (Å²) in [6.45, 7) is 1.90. The van der Waals surface area contributed by atoms with Crippen molar-refractivity contribution in [3.8, 4) is 0 Å². The molecule has 3 rings (SSSR count). The van der Waals surface area contributed by atoms with Gasteiger partial charge in [0.15, 0.2) is 0 Å². The van der Waals surface area contributed by atoms with Crippen LogP contribution < -0.4 is 5.32 Å². The van der Waals surface area contributed by atoms with Crippen molar-refractivity contribution in [2.24, 2.45) is 11.8 Å². The molecule has 21 heavy (non-hydrogen) atoms. The van der Waals surface area contributed by atoms with Crippen LogP contribution in [-0.2, 0) is 0 Å². The van der Waals surface area contributed by atoms with Gasteiger partial charge in [0.05, 0.1) is 6.42 Å². The van der Waals surface area contributed by atoms with E-state index in [4.69, 9.17) is 0 Å². The van der Waals surface area contributed by atoms with Gasteiger partial charge >= 0.3 is 6.18 Å². The predicted molar refractivity (Wildman–Crippen MR) is 77.1 cm³/mol. The largest absolute Gasteiger partial charge is 0.390 e. The van der Waals surface area contributed by atoms with E-state index in [0.29, 0.717) is 23.9 Å². The molecule has 0 aromatic carbocycles. The summed E-state index contributed by atoms with van der Waals surface area (Å²) in [4.78, 5) is 2.17. The molecular formula is C16H27F3N2. The van der Waals surface area contributed by atoms with Crippen molar-refractivity contribution in [2.75, 3.05) is 19.6 Å². The average molecular weight is 304 g/mol. The van der Waals surface area contributed by atoms with E-state index in [2.05, 4.69) is 10.2 Å².